The van der Waals surface area contributed by atoms with Gasteiger partial charge in [-0.25, -0.2) is 4.98 Å². The lowest BCUT2D eigenvalue weighted by atomic mass is 10.2. The topological polar surface area (TPSA) is 101 Å². The maximum atomic E-state index is 13.5. The summed E-state index contributed by atoms with van der Waals surface area (Å²) < 4.78 is 39.4. The smallest absolute Gasteiger partial charge is 0.282 e. The molecule has 2 aliphatic rings. The molecule has 2 aliphatic heterocycles. The lowest BCUT2D eigenvalue weighted by molar-refractivity contribution is 0.315. The second-order valence-corrected chi connectivity index (χ2v) is 9.00. The van der Waals surface area contributed by atoms with E-state index in [1.54, 1.807) is 12.1 Å². The molecular formula is C18H18ClN5O4S. The average Bonchev–Trinajstić information content (AvgIpc) is 3.22. The highest BCUT2D eigenvalue weighted by molar-refractivity contribution is 7.93. The fourth-order valence-corrected chi connectivity index (χ4v) is 5.47. The Hall–Kier alpha value is -2.56. The summed E-state index contributed by atoms with van der Waals surface area (Å²) in [5.41, 5.74) is 1.57. The van der Waals surface area contributed by atoms with E-state index in [0.717, 1.165) is 31.9 Å². The molecule has 4 heterocycles. The summed E-state index contributed by atoms with van der Waals surface area (Å²) in [5.74, 6) is 0.517. The predicted octanol–water partition coefficient (Wildman–Crippen LogP) is 1.87. The SMILES string of the molecule is O=S(=O)(c1nccc2oncc12)N1CCOc2c(N3CCNCC3)cc(Cl)cc21. The standard InChI is InChI=1S/C18H18ClN5O4S/c19-12-9-14(23-5-3-20-4-6-23)17-15(10-12)24(7-8-27-17)29(25,26)18-13-11-22-28-16(13)1-2-21-18/h1-2,9-11,20H,3-8H2. The Bertz CT molecular complexity index is 1180. The van der Waals surface area contributed by atoms with Gasteiger partial charge in [0, 0.05) is 43.5 Å². The highest BCUT2D eigenvalue weighted by Crippen LogP contribution is 2.45. The normalized spacial score (nSPS) is 17.3. The second-order valence-electron chi connectivity index (χ2n) is 6.79. The van der Waals surface area contributed by atoms with Crippen molar-refractivity contribution < 1.29 is 17.7 Å². The van der Waals surface area contributed by atoms with Crippen LogP contribution >= 0.6 is 11.6 Å². The molecule has 1 fully saturated rings. The summed E-state index contributed by atoms with van der Waals surface area (Å²) in [5, 5.41) is 7.68. The first kappa shape index (κ1) is 18.5. The van der Waals surface area contributed by atoms with Gasteiger partial charge in [0.15, 0.2) is 16.4 Å². The monoisotopic (exact) mass is 435 g/mol. The van der Waals surface area contributed by atoms with Gasteiger partial charge < -0.3 is 19.5 Å². The van der Waals surface area contributed by atoms with E-state index < -0.39 is 10.0 Å². The van der Waals surface area contributed by atoms with E-state index in [2.05, 4.69) is 20.4 Å². The zero-order valence-corrected chi connectivity index (χ0v) is 16.9. The van der Waals surface area contributed by atoms with E-state index in [9.17, 15) is 8.42 Å². The van der Waals surface area contributed by atoms with Gasteiger partial charge in [0.05, 0.1) is 29.5 Å². The van der Waals surface area contributed by atoms with Crippen molar-refractivity contribution >= 4 is 44.0 Å². The number of nitrogens with zero attached hydrogens (tertiary/aromatic N) is 4. The first-order valence-corrected chi connectivity index (χ1v) is 11.0. The maximum absolute atomic E-state index is 13.5. The number of sulfonamides is 1. The van der Waals surface area contributed by atoms with E-state index in [1.165, 1.54) is 16.7 Å². The van der Waals surface area contributed by atoms with E-state index in [-0.39, 0.29) is 18.2 Å². The molecule has 1 N–H and O–H groups in total. The number of rotatable bonds is 3. The molecule has 11 heteroatoms. The summed E-state index contributed by atoms with van der Waals surface area (Å²) in [6, 6.07) is 5.02. The van der Waals surface area contributed by atoms with Gasteiger partial charge in [0.25, 0.3) is 10.0 Å². The minimum atomic E-state index is -3.98. The Kier molecular flexibility index (Phi) is 4.49. The van der Waals surface area contributed by atoms with E-state index in [0.29, 0.717) is 27.4 Å². The van der Waals surface area contributed by atoms with Crippen molar-refractivity contribution in [1.29, 1.82) is 0 Å². The number of hydrogen-bond acceptors (Lipinski definition) is 8. The second kappa shape index (κ2) is 7.05. The molecule has 0 saturated carbocycles. The number of anilines is 2. The minimum Gasteiger partial charge on any atom is -0.487 e. The summed E-state index contributed by atoms with van der Waals surface area (Å²) in [7, 11) is -3.98. The van der Waals surface area contributed by atoms with Gasteiger partial charge >= 0.3 is 0 Å². The molecule has 0 spiro atoms. The Morgan fingerprint density at radius 2 is 1.93 bits per heavy atom. The molecule has 0 atom stereocenters. The van der Waals surface area contributed by atoms with Crippen LogP contribution in [0.1, 0.15) is 0 Å². The summed E-state index contributed by atoms with van der Waals surface area (Å²) >= 11 is 6.38. The number of nitrogens with one attached hydrogen (secondary N) is 1. The Balaban J connectivity index is 1.64. The molecular weight excluding hydrogens is 418 g/mol. The quantitative estimate of drug-likeness (QED) is 0.665. The van der Waals surface area contributed by atoms with E-state index >= 15 is 0 Å². The molecule has 152 valence electrons. The predicted molar refractivity (Wildman–Crippen MR) is 108 cm³/mol. The molecule has 0 radical (unpaired) electrons. The van der Waals surface area contributed by atoms with Gasteiger partial charge in [-0.3, -0.25) is 4.31 Å². The molecule has 5 rings (SSSR count). The summed E-state index contributed by atoms with van der Waals surface area (Å²) in [6.45, 7) is 3.62. The van der Waals surface area contributed by atoms with E-state index in [1.807, 2.05) is 6.07 Å². The molecule has 0 aliphatic carbocycles. The highest BCUT2D eigenvalue weighted by atomic mass is 35.5. The van der Waals surface area contributed by atoms with Gasteiger partial charge in [0.2, 0.25) is 0 Å². The zero-order valence-electron chi connectivity index (χ0n) is 15.3. The third-order valence-electron chi connectivity index (χ3n) is 5.06. The molecule has 0 bridgehead atoms. The minimum absolute atomic E-state index is 0.104. The van der Waals surface area contributed by atoms with Crippen LogP contribution in [0.25, 0.3) is 11.0 Å². The molecule has 29 heavy (non-hydrogen) atoms. The summed E-state index contributed by atoms with van der Waals surface area (Å²) in [6.07, 6.45) is 2.76. The highest BCUT2D eigenvalue weighted by Gasteiger charge is 2.35. The third-order valence-corrected chi connectivity index (χ3v) is 7.05. The average molecular weight is 436 g/mol. The number of fused-ring (bicyclic) bond motifs is 2. The Labute approximate surface area is 172 Å². The van der Waals surface area contributed by atoms with Crippen molar-refractivity contribution in [1.82, 2.24) is 15.5 Å². The molecule has 0 amide bonds. The van der Waals surface area contributed by atoms with Gasteiger partial charge in [0.1, 0.15) is 6.61 Å². The van der Waals surface area contributed by atoms with Gasteiger partial charge in [-0.2, -0.15) is 8.42 Å². The number of pyridine rings is 1. The first-order valence-electron chi connectivity index (χ1n) is 9.20. The van der Waals surface area contributed by atoms with Crippen LogP contribution in [0.5, 0.6) is 5.75 Å². The molecule has 9 nitrogen and oxygen atoms in total. The van der Waals surface area contributed by atoms with Crippen molar-refractivity contribution in [3.05, 3.63) is 35.6 Å². The van der Waals surface area contributed by atoms with Gasteiger partial charge in [-0.15, -0.1) is 0 Å². The molecule has 3 aromatic rings. The largest absolute Gasteiger partial charge is 0.487 e. The molecule has 1 saturated heterocycles. The van der Waals surface area contributed by atoms with Crippen LogP contribution in [0.3, 0.4) is 0 Å². The zero-order chi connectivity index (χ0) is 20.0. The van der Waals surface area contributed by atoms with Crippen molar-refractivity contribution in [2.45, 2.75) is 5.03 Å². The lowest BCUT2D eigenvalue weighted by Crippen LogP contribution is -2.44. The fourth-order valence-electron chi connectivity index (χ4n) is 3.72. The van der Waals surface area contributed by atoms with Crippen LogP contribution in [0.15, 0.2) is 40.1 Å². The van der Waals surface area contributed by atoms with Crippen molar-refractivity contribution in [3.63, 3.8) is 0 Å². The molecule has 1 aromatic carbocycles. The Morgan fingerprint density at radius 3 is 2.76 bits per heavy atom. The van der Waals surface area contributed by atoms with Crippen LogP contribution in [0, 0.1) is 0 Å². The summed E-state index contributed by atoms with van der Waals surface area (Å²) in [4.78, 5) is 6.26. The van der Waals surface area contributed by atoms with Crippen LogP contribution in [0.4, 0.5) is 11.4 Å². The third kappa shape index (κ3) is 3.07. The fraction of sp³-hybridized carbons (Fsp3) is 0.333. The maximum Gasteiger partial charge on any atom is 0.282 e. The van der Waals surface area contributed by atoms with Gasteiger partial charge in [-0.1, -0.05) is 16.8 Å². The van der Waals surface area contributed by atoms with Crippen molar-refractivity contribution in [2.24, 2.45) is 0 Å². The van der Waals surface area contributed by atoms with E-state index in [4.69, 9.17) is 20.9 Å². The first-order chi connectivity index (χ1) is 14.1. The number of hydrogen-bond donors (Lipinski definition) is 1. The van der Waals surface area contributed by atoms with Gasteiger partial charge in [-0.05, 0) is 12.1 Å². The number of benzene rings is 1. The lowest BCUT2D eigenvalue weighted by Gasteiger charge is -2.36. The molecule has 2 aromatic heterocycles. The van der Waals surface area contributed by atoms with Crippen LogP contribution < -0.4 is 19.3 Å². The number of halogens is 1. The van der Waals surface area contributed by atoms with Crippen LogP contribution in [0.2, 0.25) is 5.02 Å². The van der Waals surface area contributed by atoms with Crippen molar-refractivity contribution in [2.75, 3.05) is 48.5 Å². The number of aromatic nitrogens is 2. The van der Waals surface area contributed by atoms with Crippen LogP contribution in [-0.4, -0.2) is 57.9 Å². The Morgan fingerprint density at radius 1 is 1.14 bits per heavy atom. The molecule has 0 unspecified atom stereocenters. The number of piperazine rings is 1. The number of ether oxygens (including phenoxy) is 1. The van der Waals surface area contributed by atoms with Crippen molar-refractivity contribution in [3.8, 4) is 5.75 Å². The van der Waals surface area contributed by atoms with Crippen LogP contribution in [-0.2, 0) is 10.0 Å².